The van der Waals surface area contributed by atoms with Gasteiger partial charge >= 0.3 is 5.97 Å². The zero-order chi connectivity index (χ0) is 23.8. The number of nitrogens with one attached hydrogen (secondary N) is 2. The van der Waals surface area contributed by atoms with Gasteiger partial charge in [-0.15, -0.1) is 0 Å². The number of benzene rings is 1. The van der Waals surface area contributed by atoms with Gasteiger partial charge in [0.1, 0.15) is 5.82 Å². The quantitative estimate of drug-likeness (QED) is 0.372. The normalized spacial score (nSPS) is 12.6. The SMILES string of the molecule is Cc1cc(F)c2[nH]cc(-c3ncc(F)c(N[C@@H](CC(=O)O)C(C)(C)c4ccccn4)n3)c2c1. The summed E-state index contributed by atoms with van der Waals surface area (Å²) in [5, 5.41) is 13.0. The van der Waals surface area contributed by atoms with Crippen molar-refractivity contribution in [3.05, 3.63) is 71.8 Å². The molecule has 3 aromatic heterocycles. The van der Waals surface area contributed by atoms with Crippen molar-refractivity contribution < 1.29 is 18.7 Å². The summed E-state index contributed by atoms with van der Waals surface area (Å²) in [6, 6.07) is 7.84. The van der Waals surface area contributed by atoms with Crippen LogP contribution in [0.2, 0.25) is 0 Å². The van der Waals surface area contributed by atoms with Gasteiger partial charge in [-0.1, -0.05) is 19.9 Å². The molecule has 0 amide bonds. The first kappa shape index (κ1) is 22.3. The minimum atomic E-state index is -1.05. The minimum Gasteiger partial charge on any atom is -0.481 e. The molecule has 0 radical (unpaired) electrons. The second-order valence-corrected chi connectivity index (χ2v) is 8.49. The number of aryl methyl sites for hydroxylation is 1. The number of H-pyrrole nitrogens is 1. The number of fused-ring (bicyclic) bond motifs is 1. The van der Waals surface area contributed by atoms with Crippen LogP contribution < -0.4 is 5.32 Å². The van der Waals surface area contributed by atoms with Crippen molar-refractivity contribution in [2.75, 3.05) is 5.32 Å². The minimum absolute atomic E-state index is 0.141. The van der Waals surface area contributed by atoms with Crippen molar-refractivity contribution in [2.45, 2.75) is 38.6 Å². The van der Waals surface area contributed by atoms with E-state index in [0.29, 0.717) is 22.2 Å². The zero-order valence-electron chi connectivity index (χ0n) is 18.4. The number of aromatic nitrogens is 4. The van der Waals surface area contributed by atoms with E-state index >= 15 is 0 Å². The fourth-order valence-electron chi connectivity index (χ4n) is 3.86. The molecule has 0 fully saturated rings. The average Bonchev–Trinajstić information content (AvgIpc) is 3.19. The number of nitrogens with zero attached hydrogens (tertiary/aromatic N) is 3. The van der Waals surface area contributed by atoms with Crippen LogP contribution in [0.1, 0.15) is 31.5 Å². The zero-order valence-corrected chi connectivity index (χ0v) is 18.4. The van der Waals surface area contributed by atoms with Crippen molar-refractivity contribution >= 4 is 22.7 Å². The summed E-state index contributed by atoms with van der Waals surface area (Å²) in [6.45, 7) is 5.44. The maximum atomic E-state index is 14.7. The Balaban J connectivity index is 1.75. The Labute approximate surface area is 188 Å². The first-order valence-electron chi connectivity index (χ1n) is 10.4. The van der Waals surface area contributed by atoms with Gasteiger partial charge in [-0.25, -0.2) is 18.7 Å². The van der Waals surface area contributed by atoms with Crippen molar-refractivity contribution in [3.8, 4) is 11.4 Å². The maximum Gasteiger partial charge on any atom is 0.305 e. The molecule has 1 aromatic carbocycles. The summed E-state index contributed by atoms with van der Waals surface area (Å²) < 4.78 is 29.0. The highest BCUT2D eigenvalue weighted by Gasteiger charge is 2.35. The largest absolute Gasteiger partial charge is 0.481 e. The Morgan fingerprint density at radius 1 is 1.21 bits per heavy atom. The number of rotatable bonds is 7. The second-order valence-electron chi connectivity index (χ2n) is 8.49. The number of halogens is 2. The van der Waals surface area contributed by atoms with Gasteiger partial charge in [0, 0.05) is 40.5 Å². The van der Waals surface area contributed by atoms with E-state index in [4.69, 9.17) is 0 Å². The molecule has 0 aliphatic heterocycles. The molecule has 0 saturated carbocycles. The highest BCUT2D eigenvalue weighted by atomic mass is 19.1. The molecule has 0 spiro atoms. The lowest BCUT2D eigenvalue weighted by atomic mass is 9.79. The van der Waals surface area contributed by atoms with Crippen LogP contribution in [-0.4, -0.2) is 37.1 Å². The average molecular weight is 451 g/mol. The molecule has 3 N–H and O–H groups in total. The molecular weight excluding hydrogens is 428 g/mol. The summed E-state index contributed by atoms with van der Waals surface area (Å²) in [4.78, 5) is 27.2. The molecule has 4 aromatic rings. The van der Waals surface area contributed by atoms with Gasteiger partial charge in [0.2, 0.25) is 0 Å². The smallest absolute Gasteiger partial charge is 0.305 e. The van der Waals surface area contributed by atoms with E-state index in [1.165, 1.54) is 6.07 Å². The van der Waals surface area contributed by atoms with E-state index in [-0.39, 0.29) is 18.1 Å². The molecule has 0 unspecified atom stereocenters. The molecule has 0 saturated heterocycles. The fourth-order valence-corrected chi connectivity index (χ4v) is 3.86. The summed E-state index contributed by atoms with van der Waals surface area (Å²) in [5.74, 6) is -2.14. The summed E-state index contributed by atoms with van der Waals surface area (Å²) in [5.41, 5.74) is 1.42. The number of aliphatic carboxylic acids is 1. The molecule has 1 atom stereocenters. The standard InChI is InChI=1S/C24H23F2N5O2/c1-13-8-14-15(11-28-21(14)16(25)9-13)22-29-12-17(26)23(31-22)30-19(10-20(32)33)24(2,3)18-6-4-5-7-27-18/h4-9,11-12,19,28H,10H2,1-3H3,(H,32,33)(H,29,30,31)/t19-/m0/s1. The Kier molecular flexibility index (Phi) is 5.80. The van der Waals surface area contributed by atoms with Crippen molar-refractivity contribution in [1.29, 1.82) is 0 Å². The van der Waals surface area contributed by atoms with Gasteiger partial charge in [-0.2, -0.15) is 0 Å². The van der Waals surface area contributed by atoms with Crippen LogP contribution in [0.3, 0.4) is 0 Å². The Hall–Kier alpha value is -3.88. The Bertz CT molecular complexity index is 1320. The molecule has 0 aliphatic rings. The van der Waals surface area contributed by atoms with E-state index in [9.17, 15) is 18.7 Å². The van der Waals surface area contributed by atoms with E-state index in [2.05, 4.69) is 25.3 Å². The number of carboxylic acid groups (broad SMARTS) is 1. The monoisotopic (exact) mass is 451 g/mol. The van der Waals surface area contributed by atoms with Crippen LogP contribution in [0.15, 0.2) is 48.9 Å². The lowest BCUT2D eigenvalue weighted by molar-refractivity contribution is -0.137. The molecule has 170 valence electrons. The maximum absolute atomic E-state index is 14.7. The summed E-state index contributed by atoms with van der Waals surface area (Å²) in [6.07, 6.45) is 3.91. The number of carboxylic acids is 1. The topological polar surface area (TPSA) is 104 Å². The number of anilines is 1. The number of hydrogen-bond acceptors (Lipinski definition) is 5. The van der Waals surface area contributed by atoms with Gasteiger partial charge < -0.3 is 15.4 Å². The van der Waals surface area contributed by atoms with E-state index in [0.717, 1.165) is 11.8 Å². The van der Waals surface area contributed by atoms with E-state index < -0.39 is 29.1 Å². The van der Waals surface area contributed by atoms with E-state index in [1.807, 2.05) is 19.9 Å². The van der Waals surface area contributed by atoms with Gasteiger partial charge in [0.15, 0.2) is 17.5 Å². The lowest BCUT2D eigenvalue weighted by Gasteiger charge is -2.34. The van der Waals surface area contributed by atoms with E-state index in [1.54, 1.807) is 37.5 Å². The number of carbonyl (C=O) groups is 1. The highest BCUT2D eigenvalue weighted by Crippen LogP contribution is 2.32. The first-order chi connectivity index (χ1) is 15.7. The van der Waals surface area contributed by atoms with Crippen LogP contribution in [0.5, 0.6) is 0 Å². The van der Waals surface area contributed by atoms with Crippen molar-refractivity contribution in [3.63, 3.8) is 0 Å². The van der Waals surface area contributed by atoms with Gasteiger partial charge in [-0.05, 0) is 36.8 Å². The Morgan fingerprint density at radius 2 is 2.00 bits per heavy atom. The number of aromatic amines is 1. The molecule has 7 nitrogen and oxygen atoms in total. The van der Waals surface area contributed by atoms with Gasteiger partial charge in [-0.3, -0.25) is 9.78 Å². The summed E-state index contributed by atoms with van der Waals surface area (Å²) >= 11 is 0. The predicted molar refractivity (Wildman–Crippen MR) is 121 cm³/mol. The molecular formula is C24H23F2N5O2. The molecule has 0 bridgehead atoms. The van der Waals surface area contributed by atoms with Gasteiger partial charge in [0.25, 0.3) is 0 Å². The van der Waals surface area contributed by atoms with Crippen LogP contribution in [0, 0.1) is 18.6 Å². The lowest BCUT2D eigenvalue weighted by Crippen LogP contribution is -2.42. The third kappa shape index (κ3) is 4.39. The fraction of sp³-hybridized carbons (Fsp3) is 0.250. The predicted octanol–water partition coefficient (Wildman–Crippen LogP) is 4.84. The van der Waals surface area contributed by atoms with Crippen LogP contribution in [0.4, 0.5) is 14.6 Å². The number of pyridine rings is 1. The molecule has 9 heteroatoms. The second kappa shape index (κ2) is 8.57. The molecule has 4 rings (SSSR count). The van der Waals surface area contributed by atoms with Crippen LogP contribution >= 0.6 is 0 Å². The van der Waals surface area contributed by atoms with Gasteiger partial charge in [0.05, 0.1) is 18.1 Å². The highest BCUT2D eigenvalue weighted by molar-refractivity contribution is 5.94. The van der Waals surface area contributed by atoms with Crippen LogP contribution in [0.25, 0.3) is 22.3 Å². The summed E-state index contributed by atoms with van der Waals surface area (Å²) in [7, 11) is 0. The Morgan fingerprint density at radius 3 is 2.70 bits per heavy atom. The third-order valence-electron chi connectivity index (χ3n) is 5.76. The molecule has 3 heterocycles. The number of hydrogen-bond donors (Lipinski definition) is 3. The molecule has 0 aliphatic carbocycles. The van der Waals surface area contributed by atoms with Crippen molar-refractivity contribution in [1.82, 2.24) is 19.9 Å². The first-order valence-corrected chi connectivity index (χ1v) is 10.4. The third-order valence-corrected chi connectivity index (χ3v) is 5.76. The van der Waals surface area contributed by atoms with Crippen LogP contribution in [-0.2, 0) is 10.2 Å². The van der Waals surface area contributed by atoms with Crippen molar-refractivity contribution in [2.24, 2.45) is 0 Å². The molecule has 33 heavy (non-hydrogen) atoms.